The molecule has 2 aromatic carbocycles. The molecule has 0 unspecified atom stereocenters. The Hall–Kier alpha value is -2.54. The first kappa shape index (κ1) is 16.3. The Bertz CT molecular complexity index is 905. The minimum atomic E-state index is -4.56. The molecule has 0 saturated carbocycles. The fraction of sp³-hybridized carbons (Fsp3) is 0.125. The summed E-state index contributed by atoms with van der Waals surface area (Å²) >= 11 is 5.79. The number of carbonyl (C=O) groups excluding carboxylic acids is 1. The van der Waals surface area contributed by atoms with Gasteiger partial charge in [-0.15, -0.1) is 0 Å². The summed E-state index contributed by atoms with van der Waals surface area (Å²) in [6.45, 7) is 0. The molecular formula is C16H11ClF3N3O. The van der Waals surface area contributed by atoms with E-state index in [-0.39, 0.29) is 12.0 Å². The SMILES string of the molecule is O=C(Cc1cccc(C(F)(F)F)c1Cl)Nc1ccc2[nH]ncc2c1. The number of fused-ring (bicyclic) bond motifs is 1. The topological polar surface area (TPSA) is 57.8 Å². The molecule has 2 N–H and O–H groups in total. The second-order valence-corrected chi connectivity index (χ2v) is 5.55. The third-order valence-corrected chi connectivity index (χ3v) is 3.91. The van der Waals surface area contributed by atoms with E-state index in [9.17, 15) is 18.0 Å². The molecule has 0 radical (unpaired) electrons. The first-order valence-corrected chi connectivity index (χ1v) is 7.30. The largest absolute Gasteiger partial charge is 0.417 e. The van der Waals surface area contributed by atoms with Crippen LogP contribution in [0.25, 0.3) is 10.9 Å². The molecule has 0 fully saturated rings. The number of amides is 1. The van der Waals surface area contributed by atoms with Gasteiger partial charge in [-0.3, -0.25) is 9.89 Å². The molecule has 4 nitrogen and oxygen atoms in total. The lowest BCUT2D eigenvalue weighted by Crippen LogP contribution is -2.15. The van der Waals surface area contributed by atoms with E-state index in [1.54, 1.807) is 24.4 Å². The van der Waals surface area contributed by atoms with Crippen LogP contribution in [0, 0.1) is 0 Å². The van der Waals surface area contributed by atoms with Crippen molar-refractivity contribution in [2.45, 2.75) is 12.6 Å². The lowest BCUT2D eigenvalue weighted by atomic mass is 10.1. The van der Waals surface area contributed by atoms with E-state index in [2.05, 4.69) is 15.5 Å². The summed E-state index contributed by atoms with van der Waals surface area (Å²) < 4.78 is 38.5. The third kappa shape index (κ3) is 3.35. The van der Waals surface area contributed by atoms with E-state index in [0.717, 1.165) is 17.0 Å². The average Bonchev–Trinajstić information content (AvgIpc) is 2.95. The Balaban J connectivity index is 1.77. The molecule has 124 valence electrons. The lowest BCUT2D eigenvalue weighted by Gasteiger charge is -2.12. The summed E-state index contributed by atoms with van der Waals surface area (Å²) in [6, 6.07) is 8.65. The first-order chi connectivity index (χ1) is 11.3. The third-order valence-electron chi connectivity index (χ3n) is 3.46. The van der Waals surface area contributed by atoms with Crippen molar-refractivity contribution in [1.82, 2.24) is 10.2 Å². The van der Waals surface area contributed by atoms with Crippen LogP contribution >= 0.6 is 11.6 Å². The second-order valence-electron chi connectivity index (χ2n) is 5.17. The van der Waals surface area contributed by atoms with Crippen LogP contribution in [-0.2, 0) is 17.4 Å². The van der Waals surface area contributed by atoms with Crippen LogP contribution in [0.2, 0.25) is 5.02 Å². The maximum absolute atomic E-state index is 12.8. The zero-order valence-electron chi connectivity index (χ0n) is 12.1. The lowest BCUT2D eigenvalue weighted by molar-refractivity contribution is -0.137. The first-order valence-electron chi connectivity index (χ1n) is 6.92. The maximum atomic E-state index is 12.8. The van der Waals surface area contributed by atoms with E-state index in [1.165, 1.54) is 12.1 Å². The summed E-state index contributed by atoms with van der Waals surface area (Å²) in [6.07, 6.45) is -3.21. The van der Waals surface area contributed by atoms with Gasteiger partial charge < -0.3 is 5.32 Å². The van der Waals surface area contributed by atoms with Gasteiger partial charge in [0.05, 0.1) is 28.7 Å². The van der Waals surface area contributed by atoms with Gasteiger partial charge in [0.2, 0.25) is 5.91 Å². The van der Waals surface area contributed by atoms with Crippen LogP contribution in [0.3, 0.4) is 0 Å². The highest BCUT2D eigenvalue weighted by Crippen LogP contribution is 2.36. The van der Waals surface area contributed by atoms with Gasteiger partial charge in [-0.1, -0.05) is 23.7 Å². The number of alkyl halides is 3. The Morgan fingerprint density at radius 3 is 2.79 bits per heavy atom. The Morgan fingerprint density at radius 1 is 1.25 bits per heavy atom. The quantitative estimate of drug-likeness (QED) is 0.732. The minimum absolute atomic E-state index is 0.119. The normalized spacial score (nSPS) is 11.7. The van der Waals surface area contributed by atoms with Gasteiger partial charge in [-0.05, 0) is 29.8 Å². The Kier molecular flexibility index (Phi) is 4.19. The van der Waals surface area contributed by atoms with E-state index >= 15 is 0 Å². The number of carbonyl (C=O) groups is 1. The molecule has 3 aromatic rings. The van der Waals surface area contributed by atoms with Gasteiger partial charge in [-0.2, -0.15) is 18.3 Å². The summed E-state index contributed by atoms with van der Waals surface area (Å²) in [4.78, 5) is 12.1. The molecule has 0 saturated heterocycles. The van der Waals surface area contributed by atoms with Crippen molar-refractivity contribution in [1.29, 1.82) is 0 Å². The molecule has 0 atom stereocenters. The van der Waals surface area contributed by atoms with Crippen molar-refractivity contribution in [3.8, 4) is 0 Å². The van der Waals surface area contributed by atoms with Crippen LogP contribution in [0.15, 0.2) is 42.6 Å². The molecule has 1 aromatic heterocycles. The molecular weight excluding hydrogens is 343 g/mol. The molecule has 0 aliphatic carbocycles. The Morgan fingerprint density at radius 2 is 2.04 bits per heavy atom. The average molecular weight is 354 g/mol. The van der Waals surface area contributed by atoms with Crippen molar-refractivity contribution in [2.24, 2.45) is 0 Å². The second kappa shape index (κ2) is 6.16. The molecule has 0 aliphatic heterocycles. The van der Waals surface area contributed by atoms with Crippen molar-refractivity contribution in [3.05, 3.63) is 58.7 Å². The van der Waals surface area contributed by atoms with Gasteiger partial charge in [0, 0.05) is 11.1 Å². The molecule has 3 rings (SSSR count). The van der Waals surface area contributed by atoms with E-state index in [1.807, 2.05) is 0 Å². The number of rotatable bonds is 3. The number of aromatic nitrogens is 2. The summed E-state index contributed by atoms with van der Waals surface area (Å²) in [5.74, 6) is -0.459. The summed E-state index contributed by atoms with van der Waals surface area (Å²) in [7, 11) is 0. The summed E-state index contributed by atoms with van der Waals surface area (Å²) in [5.41, 5.74) is 0.508. The zero-order chi connectivity index (χ0) is 17.3. The number of halogens is 4. The number of nitrogens with zero attached hydrogens (tertiary/aromatic N) is 1. The summed E-state index contributed by atoms with van der Waals surface area (Å²) in [5, 5.41) is 9.65. The number of hydrogen-bond acceptors (Lipinski definition) is 2. The minimum Gasteiger partial charge on any atom is -0.326 e. The van der Waals surface area contributed by atoms with Crippen molar-refractivity contribution in [3.63, 3.8) is 0 Å². The van der Waals surface area contributed by atoms with Crippen LogP contribution < -0.4 is 5.32 Å². The number of aromatic amines is 1. The highest BCUT2D eigenvalue weighted by Gasteiger charge is 2.33. The molecule has 0 spiro atoms. The standard InChI is InChI=1S/C16H11ClF3N3O/c17-15-9(2-1-3-12(15)16(18,19)20)7-14(24)22-11-4-5-13-10(6-11)8-21-23-13/h1-6,8H,7H2,(H,21,23)(H,22,24). The molecule has 0 bridgehead atoms. The fourth-order valence-corrected chi connectivity index (χ4v) is 2.63. The van der Waals surface area contributed by atoms with Crippen molar-refractivity contribution in [2.75, 3.05) is 5.32 Å². The highest BCUT2D eigenvalue weighted by atomic mass is 35.5. The highest BCUT2D eigenvalue weighted by molar-refractivity contribution is 6.32. The van der Waals surface area contributed by atoms with Crippen LogP contribution in [0.1, 0.15) is 11.1 Å². The van der Waals surface area contributed by atoms with Crippen molar-refractivity contribution < 1.29 is 18.0 Å². The van der Waals surface area contributed by atoms with Crippen LogP contribution in [0.5, 0.6) is 0 Å². The van der Waals surface area contributed by atoms with E-state index in [0.29, 0.717) is 5.69 Å². The number of benzene rings is 2. The number of nitrogens with one attached hydrogen (secondary N) is 2. The van der Waals surface area contributed by atoms with E-state index in [4.69, 9.17) is 11.6 Å². The van der Waals surface area contributed by atoms with Gasteiger partial charge in [0.1, 0.15) is 0 Å². The molecule has 24 heavy (non-hydrogen) atoms. The van der Waals surface area contributed by atoms with Crippen LogP contribution in [-0.4, -0.2) is 16.1 Å². The maximum Gasteiger partial charge on any atom is 0.417 e. The van der Waals surface area contributed by atoms with Crippen molar-refractivity contribution >= 4 is 34.1 Å². The zero-order valence-corrected chi connectivity index (χ0v) is 12.9. The van der Waals surface area contributed by atoms with Gasteiger partial charge in [-0.25, -0.2) is 0 Å². The predicted octanol–water partition coefficient (Wildman–Crippen LogP) is 4.42. The molecule has 8 heteroatoms. The Labute approximate surface area is 139 Å². The number of H-pyrrole nitrogens is 1. The van der Waals surface area contributed by atoms with Crippen LogP contribution in [0.4, 0.5) is 18.9 Å². The van der Waals surface area contributed by atoms with E-state index < -0.39 is 22.7 Å². The molecule has 0 aliphatic rings. The fourth-order valence-electron chi connectivity index (χ4n) is 2.33. The van der Waals surface area contributed by atoms with Gasteiger partial charge in [0.25, 0.3) is 0 Å². The number of hydrogen-bond donors (Lipinski definition) is 2. The number of anilines is 1. The van der Waals surface area contributed by atoms with Gasteiger partial charge in [0.15, 0.2) is 0 Å². The predicted molar refractivity (Wildman–Crippen MR) is 84.9 cm³/mol. The smallest absolute Gasteiger partial charge is 0.326 e. The van der Waals surface area contributed by atoms with Gasteiger partial charge >= 0.3 is 6.18 Å². The molecule has 1 heterocycles. The molecule has 1 amide bonds. The monoisotopic (exact) mass is 353 g/mol.